The zero-order chi connectivity index (χ0) is 16.3. The predicted octanol–water partition coefficient (Wildman–Crippen LogP) is 2.23. The molecule has 0 aliphatic carbocycles. The van der Waals surface area contributed by atoms with E-state index in [0.29, 0.717) is 0 Å². The quantitative estimate of drug-likeness (QED) is 0.609. The summed E-state index contributed by atoms with van der Waals surface area (Å²) in [6.07, 6.45) is -1.16. The van der Waals surface area contributed by atoms with E-state index in [1.54, 1.807) is 27.7 Å². The number of halogens is 1. The summed E-state index contributed by atoms with van der Waals surface area (Å²) in [5, 5.41) is 2.55. The molecule has 0 bridgehead atoms. The van der Waals surface area contributed by atoms with Crippen molar-refractivity contribution < 1.29 is 27.9 Å². The first-order valence-electron chi connectivity index (χ1n) is 6.63. The Labute approximate surface area is 129 Å². The number of carbonyl (C=O) groups excluding carboxylic acids is 2. The molecule has 0 spiro atoms. The normalized spacial score (nSPS) is 28.2. The lowest BCUT2D eigenvalue weighted by atomic mass is 9.87. The third-order valence-electron chi connectivity index (χ3n) is 2.77. The van der Waals surface area contributed by atoms with Gasteiger partial charge < -0.3 is 10.1 Å². The van der Waals surface area contributed by atoms with Crippen LogP contribution >= 0.6 is 18.2 Å². The summed E-state index contributed by atoms with van der Waals surface area (Å²) in [6, 6.07) is 0. The Kier molecular flexibility index (Phi) is 6.23. The number of carbonyl (C=O) groups is 2. The molecular formula is C12H21ClNO6P. The summed E-state index contributed by atoms with van der Waals surface area (Å²) in [7, 11) is 0. The number of esters is 1. The van der Waals surface area contributed by atoms with Gasteiger partial charge in [-0.05, 0) is 13.8 Å². The number of ether oxygens (including phenoxy) is 1. The molecule has 0 saturated carbocycles. The van der Waals surface area contributed by atoms with E-state index in [1.165, 1.54) is 0 Å². The van der Waals surface area contributed by atoms with Crippen LogP contribution in [-0.4, -0.2) is 37.2 Å². The van der Waals surface area contributed by atoms with Crippen molar-refractivity contribution in [1.29, 1.82) is 0 Å². The maximum absolute atomic E-state index is 12.1. The zero-order valence-electron chi connectivity index (χ0n) is 12.6. The molecule has 0 aromatic carbocycles. The van der Waals surface area contributed by atoms with Gasteiger partial charge >= 0.3 is 12.9 Å². The summed E-state index contributed by atoms with van der Waals surface area (Å²) in [5.74, 6) is -0.887. The molecule has 0 radical (unpaired) electrons. The van der Waals surface area contributed by atoms with Crippen LogP contribution in [0.15, 0.2) is 0 Å². The topological polar surface area (TPSA) is 90.9 Å². The van der Waals surface area contributed by atoms with Gasteiger partial charge in [-0.3, -0.25) is 18.6 Å². The van der Waals surface area contributed by atoms with Crippen molar-refractivity contribution in [3.63, 3.8) is 0 Å². The van der Waals surface area contributed by atoms with Gasteiger partial charge in [0.2, 0.25) is 5.91 Å². The van der Waals surface area contributed by atoms with E-state index < -0.39 is 30.3 Å². The largest absolute Gasteiger partial charge is 0.463 e. The molecule has 1 amide bonds. The summed E-state index contributed by atoms with van der Waals surface area (Å²) in [6.45, 7) is 3.38. The Hall–Kier alpha value is -0.620. The average molecular weight is 342 g/mol. The number of nitrogens with one attached hydrogen (secondary N) is 1. The minimum absolute atomic E-state index is 0.0429. The highest BCUT2D eigenvalue weighted by molar-refractivity contribution is 7.81. The number of amides is 1. The van der Waals surface area contributed by atoms with Gasteiger partial charge in [0.05, 0.1) is 19.1 Å². The Balaban J connectivity index is 2.50. The lowest BCUT2D eigenvalue weighted by Gasteiger charge is -2.38. The number of hydrogen-bond donors (Lipinski definition) is 1. The summed E-state index contributed by atoms with van der Waals surface area (Å²) in [4.78, 5) is 23.4. The monoisotopic (exact) mass is 341 g/mol. The molecule has 1 heterocycles. The fourth-order valence-electron chi connectivity index (χ4n) is 1.72. The highest BCUT2D eigenvalue weighted by Gasteiger charge is 2.47. The minimum Gasteiger partial charge on any atom is -0.463 e. The van der Waals surface area contributed by atoms with Gasteiger partial charge in [0, 0.05) is 23.2 Å². The summed E-state index contributed by atoms with van der Waals surface area (Å²) in [5.41, 5.74) is -0.675. The molecule has 1 fully saturated rings. The van der Waals surface area contributed by atoms with Crippen molar-refractivity contribution in [1.82, 2.24) is 5.32 Å². The van der Waals surface area contributed by atoms with Crippen molar-refractivity contribution in [2.75, 3.05) is 13.2 Å². The third kappa shape index (κ3) is 5.94. The van der Waals surface area contributed by atoms with E-state index >= 15 is 0 Å². The van der Waals surface area contributed by atoms with Crippen LogP contribution < -0.4 is 5.32 Å². The van der Waals surface area contributed by atoms with Crippen molar-refractivity contribution in [3.05, 3.63) is 0 Å². The lowest BCUT2D eigenvalue weighted by molar-refractivity contribution is -0.147. The third-order valence-corrected chi connectivity index (χ3v) is 4.20. The fraction of sp³-hybridized carbons (Fsp3) is 0.833. The molecular weight excluding hydrogens is 321 g/mol. The van der Waals surface area contributed by atoms with E-state index in [0.717, 1.165) is 0 Å². The van der Waals surface area contributed by atoms with Crippen molar-refractivity contribution in [2.45, 2.75) is 46.3 Å². The van der Waals surface area contributed by atoms with Crippen LogP contribution in [0.2, 0.25) is 0 Å². The molecule has 1 rings (SSSR count). The molecule has 1 aliphatic rings. The highest BCUT2D eigenvalue weighted by Crippen LogP contribution is 2.60. The molecule has 7 nitrogen and oxygen atoms in total. The van der Waals surface area contributed by atoms with Gasteiger partial charge in [0.1, 0.15) is 0 Å². The second-order valence-corrected chi connectivity index (χ2v) is 8.33. The average Bonchev–Trinajstić information content (AvgIpc) is 2.31. The Morgan fingerprint density at radius 1 is 1.48 bits per heavy atom. The fourth-order valence-corrected chi connectivity index (χ4v) is 3.29. The minimum atomic E-state index is -3.73. The molecule has 0 aromatic heterocycles. The van der Waals surface area contributed by atoms with Crippen LogP contribution in [0, 0.1) is 5.41 Å². The first-order valence-corrected chi connectivity index (χ1v) is 9.08. The van der Waals surface area contributed by atoms with Crippen LogP contribution in [0.25, 0.3) is 0 Å². The van der Waals surface area contributed by atoms with E-state index in [-0.39, 0.29) is 25.7 Å². The molecule has 2 unspecified atom stereocenters. The number of hydrogen-bond acceptors (Lipinski definition) is 6. The van der Waals surface area contributed by atoms with Gasteiger partial charge in [-0.2, -0.15) is 0 Å². The van der Waals surface area contributed by atoms with E-state index in [9.17, 15) is 14.2 Å². The van der Waals surface area contributed by atoms with Crippen LogP contribution in [0.1, 0.15) is 34.1 Å². The van der Waals surface area contributed by atoms with Gasteiger partial charge in [0.25, 0.3) is 0 Å². The SMILES string of the molecule is CC(C)OC(=O)CCNC(=O)C1OP(=O)(Cl)OCC1(C)C. The van der Waals surface area contributed by atoms with Crippen molar-refractivity contribution in [2.24, 2.45) is 5.41 Å². The first-order chi connectivity index (χ1) is 9.53. The Bertz CT molecular complexity index is 453. The molecule has 1 N–H and O–H groups in total. The van der Waals surface area contributed by atoms with Crippen LogP contribution in [-0.2, 0) is 27.9 Å². The highest BCUT2D eigenvalue weighted by atomic mass is 35.7. The molecule has 0 aromatic rings. The molecule has 2 atom stereocenters. The summed E-state index contributed by atoms with van der Waals surface area (Å²) >= 11 is 5.54. The van der Waals surface area contributed by atoms with Crippen molar-refractivity contribution in [3.8, 4) is 0 Å². The van der Waals surface area contributed by atoms with Gasteiger partial charge in [-0.15, -0.1) is 0 Å². The second-order valence-electron chi connectivity index (χ2n) is 5.76. The predicted molar refractivity (Wildman–Crippen MR) is 76.9 cm³/mol. The van der Waals surface area contributed by atoms with Crippen LogP contribution in [0.3, 0.4) is 0 Å². The van der Waals surface area contributed by atoms with Gasteiger partial charge in [0.15, 0.2) is 6.10 Å². The molecule has 1 aliphatic heterocycles. The summed E-state index contributed by atoms with van der Waals surface area (Å²) < 4.78 is 26.5. The first kappa shape index (κ1) is 18.4. The van der Waals surface area contributed by atoms with Crippen LogP contribution in [0.5, 0.6) is 0 Å². The van der Waals surface area contributed by atoms with E-state index in [2.05, 4.69) is 5.32 Å². The Morgan fingerprint density at radius 2 is 2.10 bits per heavy atom. The van der Waals surface area contributed by atoms with E-state index in [4.69, 9.17) is 25.0 Å². The molecule has 122 valence electrons. The van der Waals surface area contributed by atoms with Crippen molar-refractivity contribution >= 4 is 30.1 Å². The van der Waals surface area contributed by atoms with Gasteiger partial charge in [-0.25, -0.2) is 4.57 Å². The molecule has 9 heteroatoms. The standard InChI is InChI=1S/C12H21ClNO6P/c1-8(2)19-9(15)5-6-14-11(16)10-12(3,4)7-18-21(13,17)20-10/h8,10H,5-7H2,1-4H3,(H,14,16). The van der Waals surface area contributed by atoms with Gasteiger partial charge in [-0.1, -0.05) is 13.8 Å². The maximum atomic E-state index is 12.1. The number of rotatable bonds is 5. The van der Waals surface area contributed by atoms with E-state index in [1.807, 2.05) is 0 Å². The lowest BCUT2D eigenvalue weighted by Crippen LogP contribution is -2.49. The smallest absolute Gasteiger partial charge is 0.425 e. The Morgan fingerprint density at radius 3 is 2.67 bits per heavy atom. The van der Waals surface area contributed by atoms with Crippen LogP contribution in [0.4, 0.5) is 0 Å². The molecule has 21 heavy (non-hydrogen) atoms. The molecule has 1 saturated heterocycles. The maximum Gasteiger partial charge on any atom is 0.425 e. The zero-order valence-corrected chi connectivity index (χ0v) is 14.2. The second kappa shape index (κ2) is 7.09.